The molecular formula is C20H18F4N2O4. The molecule has 1 aliphatic heterocycles. The number of nitrogens with one attached hydrogen (secondary N) is 1. The summed E-state index contributed by atoms with van der Waals surface area (Å²) in [4.78, 5) is 25.9. The van der Waals surface area contributed by atoms with Crippen molar-refractivity contribution in [2.45, 2.75) is 6.18 Å². The zero-order valence-corrected chi connectivity index (χ0v) is 15.7. The van der Waals surface area contributed by atoms with Gasteiger partial charge in [0.15, 0.2) is 6.61 Å². The first-order valence-corrected chi connectivity index (χ1v) is 9.00. The van der Waals surface area contributed by atoms with Gasteiger partial charge in [-0.15, -0.1) is 0 Å². The summed E-state index contributed by atoms with van der Waals surface area (Å²) in [5.74, 6) is -2.20. The van der Waals surface area contributed by atoms with Crippen LogP contribution in [0.4, 0.5) is 28.9 Å². The first kappa shape index (κ1) is 21.6. The van der Waals surface area contributed by atoms with Crippen molar-refractivity contribution in [2.75, 3.05) is 43.1 Å². The van der Waals surface area contributed by atoms with Crippen molar-refractivity contribution in [3.8, 4) is 0 Å². The Labute approximate surface area is 169 Å². The Balaban J connectivity index is 1.71. The number of ether oxygens (including phenoxy) is 2. The van der Waals surface area contributed by atoms with E-state index in [1.54, 1.807) is 4.90 Å². The summed E-state index contributed by atoms with van der Waals surface area (Å²) in [5.41, 5.74) is -0.519. The fourth-order valence-electron chi connectivity index (χ4n) is 2.88. The normalized spacial score (nSPS) is 14.3. The highest BCUT2D eigenvalue weighted by molar-refractivity contribution is 5.97. The molecule has 6 nitrogen and oxygen atoms in total. The SMILES string of the molecule is O=C(COC(=O)c1ccc(F)cc1)Nc1cc(C(F)(F)F)ccc1N1CCOCC1. The maximum atomic E-state index is 13.1. The maximum absolute atomic E-state index is 13.1. The molecule has 0 spiro atoms. The molecule has 1 fully saturated rings. The largest absolute Gasteiger partial charge is 0.452 e. The van der Waals surface area contributed by atoms with Crippen LogP contribution in [0.3, 0.4) is 0 Å². The number of carbonyl (C=O) groups is 2. The average Bonchev–Trinajstić information content (AvgIpc) is 2.72. The summed E-state index contributed by atoms with van der Waals surface area (Å²) in [5, 5.41) is 2.38. The van der Waals surface area contributed by atoms with Crippen molar-refractivity contribution in [1.29, 1.82) is 0 Å². The molecule has 1 heterocycles. The molecule has 0 aromatic heterocycles. The molecule has 0 saturated carbocycles. The van der Waals surface area contributed by atoms with Gasteiger partial charge < -0.3 is 19.7 Å². The van der Waals surface area contributed by atoms with Gasteiger partial charge in [0.2, 0.25) is 0 Å². The summed E-state index contributed by atoms with van der Waals surface area (Å²) in [6.07, 6.45) is -4.59. The Morgan fingerprint density at radius 3 is 2.37 bits per heavy atom. The highest BCUT2D eigenvalue weighted by Gasteiger charge is 2.32. The van der Waals surface area contributed by atoms with Gasteiger partial charge >= 0.3 is 12.1 Å². The third-order valence-corrected chi connectivity index (χ3v) is 4.36. The quantitative estimate of drug-likeness (QED) is 0.586. The summed E-state index contributed by atoms with van der Waals surface area (Å²) in [7, 11) is 0. The lowest BCUT2D eigenvalue weighted by Gasteiger charge is -2.31. The van der Waals surface area contributed by atoms with Crippen LogP contribution in [0.1, 0.15) is 15.9 Å². The van der Waals surface area contributed by atoms with Crippen LogP contribution in [-0.2, 0) is 20.4 Å². The number of hydrogen-bond acceptors (Lipinski definition) is 5. The molecule has 0 radical (unpaired) electrons. The Bertz CT molecular complexity index is 910. The standard InChI is InChI=1S/C20H18F4N2O4/c21-15-4-1-13(2-5-15)19(28)30-12-18(27)25-16-11-14(20(22,23)24)3-6-17(16)26-7-9-29-10-8-26/h1-6,11H,7-10,12H2,(H,25,27). The molecule has 2 aromatic rings. The predicted octanol–water partition coefficient (Wildman–Crippen LogP) is 3.48. The van der Waals surface area contributed by atoms with Gasteiger partial charge in [0.05, 0.1) is 35.7 Å². The molecule has 160 valence electrons. The van der Waals surface area contributed by atoms with Crippen molar-refractivity contribution in [3.05, 3.63) is 59.4 Å². The second kappa shape index (κ2) is 9.12. The number of halogens is 4. The highest BCUT2D eigenvalue weighted by atomic mass is 19.4. The summed E-state index contributed by atoms with van der Waals surface area (Å²) in [6, 6.07) is 7.58. The molecule has 3 rings (SSSR count). The molecule has 0 atom stereocenters. The number of nitrogens with zero attached hydrogens (tertiary/aromatic N) is 1. The Kier molecular flexibility index (Phi) is 6.56. The fraction of sp³-hybridized carbons (Fsp3) is 0.300. The minimum Gasteiger partial charge on any atom is -0.452 e. The Morgan fingerprint density at radius 1 is 1.07 bits per heavy atom. The molecule has 1 amide bonds. The van der Waals surface area contributed by atoms with Crippen LogP contribution >= 0.6 is 0 Å². The van der Waals surface area contributed by atoms with Gasteiger partial charge in [0.25, 0.3) is 5.91 Å². The average molecular weight is 426 g/mol. The second-order valence-corrected chi connectivity index (χ2v) is 6.46. The second-order valence-electron chi connectivity index (χ2n) is 6.46. The fourth-order valence-corrected chi connectivity index (χ4v) is 2.88. The highest BCUT2D eigenvalue weighted by Crippen LogP contribution is 2.35. The molecule has 0 unspecified atom stereocenters. The van der Waals surface area contributed by atoms with E-state index in [0.29, 0.717) is 32.0 Å². The van der Waals surface area contributed by atoms with Gasteiger partial charge in [-0.3, -0.25) is 4.79 Å². The van der Waals surface area contributed by atoms with E-state index in [1.165, 1.54) is 18.2 Å². The lowest BCUT2D eigenvalue weighted by Crippen LogP contribution is -2.37. The number of alkyl halides is 3. The van der Waals surface area contributed by atoms with E-state index in [4.69, 9.17) is 9.47 Å². The number of amides is 1. The van der Waals surface area contributed by atoms with E-state index < -0.39 is 36.0 Å². The predicted molar refractivity (Wildman–Crippen MR) is 99.8 cm³/mol. The van der Waals surface area contributed by atoms with Gasteiger partial charge in [-0.25, -0.2) is 9.18 Å². The van der Waals surface area contributed by atoms with E-state index in [-0.39, 0.29) is 11.3 Å². The van der Waals surface area contributed by atoms with Crippen LogP contribution in [0.2, 0.25) is 0 Å². The van der Waals surface area contributed by atoms with Crippen LogP contribution in [0, 0.1) is 5.82 Å². The molecule has 30 heavy (non-hydrogen) atoms. The van der Waals surface area contributed by atoms with E-state index in [2.05, 4.69) is 5.32 Å². The number of hydrogen-bond donors (Lipinski definition) is 1. The summed E-state index contributed by atoms with van der Waals surface area (Å²) in [6.45, 7) is 1.00. The molecule has 0 bridgehead atoms. The van der Waals surface area contributed by atoms with Crippen molar-refractivity contribution in [2.24, 2.45) is 0 Å². The minimum absolute atomic E-state index is 0.0391. The maximum Gasteiger partial charge on any atom is 0.416 e. The third-order valence-electron chi connectivity index (χ3n) is 4.36. The van der Waals surface area contributed by atoms with Crippen LogP contribution in [-0.4, -0.2) is 44.8 Å². The van der Waals surface area contributed by atoms with Gasteiger partial charge in [-0.1, -0.05) is 0 Å². The van der Waals surface area contributed by atoms with E-state index in [9.17, 15) is 27.2 Å². The zero-order chi connectivity index (χ0) is 21.7. The third kappa shape index (κ3) is 5.47. The van der Waals surface area contributed by atoms with Crippen molar-refractivity contribution < 1.29 is 36.6 Å². The minimum atomic E-state index is -4.59. The van der Waals surface area contributed by atoms with Gasteiger partial charge in [-0.05, 0) is 42.5 Å². The van der Waals surface area contributed by atoms with Crippen LogP contribution in [0.25, 0.3) is 0 Å². The molecule has 1 N–H and O–H groups in total. The molecule has 1 saturated heterocycles. The molecule has 1 aliphatic rings. The van der Waals surface area contributed by atoms with Crippen molar-refractivity contribution in [3.63, 3.8) is 0 Å². The van der Waals surface area contributed by atoms with E-state index in [1.807, 2.05) is 0 Å². The number of morpholine rings is 1. The summed E-state index contributed by atoms with van der Waals surface area (Å²) < 4.78 is 62.3. The Hall–Kier alpha value is -3.14. The first-order chi connectivity index (χ1) is 14.2. The van der Waals surface area contributed by atoms with Crippen LogP contribution < -0.4 is 10.2 Å². The first-order valence-electron chi connectivity index (χ1n) is 9.00. The van der Waals surface area contributed by atoms with Gasteiger partial charge in [-0.2, -0.15) is 13.2 Å². The molecular weight excluding hydrogens is 408 g/mol. The number of carbonyl (C=O) groups excluding carboxylic acids is 2. The molecule has 0 aliphatic carbocycles. The molecule has 10 heteroatoms. The zero-order valence-electron chi connectivity index (χ0n) is 15.7. The number of rotatable bonds is 5. The summed E-state index contributed by atoms with van der Waals surface area (Å²) >= 11 is 0. The smallest absolute Gasteiger partial charge is 0.416 e. The van der Waals surface area contributed by atoms with Crippen molar-refractivity contribution >= 4 is 23.3 Å². The lowest BCUT2D eigenvalue weighted by molar-refractivity contribution is -0.137. The van der Waals surface area contributed by atoms with E-state index >= 15 is 0 Å². The van der Waals surface area contributed by atoms with Gasteiger partial charge in [0, 0.05) is 13.1 Å². The van der Waals surface area contributed by atoms with Crippen LogP contribution in [0.5, 0.6) is 0 Å². The number of anilines is 2. The number of benzene rings is 2. The van der Waals surface area contributed by atoms with Crippen molar-refractivity contribution in [1.82, 2.24) is 0 Å². The Morgan fingerprint density at radius 2 is 1.73 bits per heavy atom. The van der Waals surface area contributed by atoms with E-state index in [0.717, 1.165) is 24.3 Å². The topological polar surface area (TPSA) is 67.9 Å². The monoisotopic (exact) mass is 426 g/mol. The number of esters is 1. The van der Waals surface area contributed by atoms with Crippen LogP contribution in [0.15, 0.2) is 42.5 Å². The van der Waals surface area contributed by atoms with Gasteiger partial charge in [0.1, 0.15) is 5.82 Å². The molecule has 2 aromatic carbocycles. The lowest BCUT2D eigenvalue weighted by atomic mass is 10.1.